The average molecular weight is 239 g/mol. The number of nitrogens with zero attached hydrogens (tertiary/aromatic N) is 2. The highest BCUT2D eigenvalue weighted by molar-refractivity contribution is 5.20. The highest BCUT2D eigenvalue weighted by Gasteiger charge is 2.12. The highest BCUT2D eigenvalue weighted by atomic mass is 16.5. The van der Waals surface area contributed by atoms with E-state index in [1.54, 1.807) is 6.07 Å². The predicted octanol–water partition coefficient (Wildman–Crippen LogP) is -1.10. The lowest BCUT2D eigenvalue weighted by molar-refractivity contribution is 0.0845. The lowest BCUT2D eigenvalue weighted by atomic mass is 10.1. The summed E-state index contributed by atoms with van der Waals surface area (Å²) in [6.45, 7) is 2.74. The first-order chi connectivity index (χ1) is 8.31. The zero-order chi connectivity index (χ0) is 12.1. The molecule has 0 spiro atoms. The Morgan fingerprint density at radius 3 is 3.24 bits per heavy atom. The molecule has 6 heteroatoms. The Morgan fingerprint density at radius 2 is 2.41 bits per heavy atom. The summed E-state index contributed by atoms with van der Waals surface area (Å²) < 4.78 is 6.56. The van der Waals surface area contributed by atoms with Crippen molar-refractivity contribution in [2.45, 2.75) is 19.5 Å². The van der Waals surface area contributed by atoms with Crippen LogP contribution in [0.15, 0.2) is 10.9 Å². The normalized spacial score (nSPS) is 14.6. The molecule has 17 heavy (non-hydrogen) atoms. The van der Waals surface area contributed by atoms with Gasteiger partial charge in [-0.3, -0.25) is 4.79 Å². The van der Waals surface area contributed by atoms with Gasteiger partial charge in [-0.1, -0.05) is 0 Å². The van der Waals surface area contributed by atoms with Gasteiger partial charge in [0.15, 0.2) is 0 Å². The van der Waals surface area contributed by atoms with Gasteiger partial charge in [0.1, 0.15) is 0 Å². The van der Waals surface area contributed by atoms with Crippen LogP contribution >= 0.6 is 0 Å². The Morgan fingerprint density at radius 1 is 1.53 bits per heavy atom. The van der Waals surface area contributed by atoms with Crippen molar-refractivity contribution < 1.29 is 9.84 Å². The topological polar surface area (TPSA) is 76.4 Å². The number of hydrogen-bond donors (Lipinski definition) is 2. The molecule has 1 aromatic heterocycles. The van der Waals surface area contributed by atoms with Crippen LogP contribution in [0.1, 0.15) is 11.3 Å². The maximum absolute atomic E-state index is 11.7. The molecule has 0 aromatic carbocycles. The van der Waals surface area contributed by atoms with Gasteiger partial charge in [0, 0.05) is 25.6 Å². The quantitative estimate of drug-likeness (QED) is 0.638. The third-order valence-electron chi connectivity index (χ3n) is 2.70. The first-order valence-electron chi connectivity index (χ1n) is 5.80. The molecule has 1 aliphatic heterocycles. The van der Waals surface area contributed by atoms with Gasteiger partial charge in [-0.25, -0.2) is 4.68 Å². The van der Waals surface area contributed by atoms with Gasteiger partial charge in [0.05, 0.1) is 32.1 Å². The summed E-state index contributed by atoms with van der Waals surface area (Å²) in [6.07, 6.45) is 0.854. The minimum absolute atomic E-state index is 0.00180. The molecule has 0 amide bonds. The average Bonchev–Trinajstić information content (AvgIpc) is 2.35. The summed E-state index contributed by atoms with van der Waals surface area (Å²) in [7, 11) is 0. The molecule has 0 saturated carbocycles. The first kappa shape index (κ1) is 12.2. The molecule has 0 saturated heterocycles. The van der Waals surface area contributed by atoms with Crippen molar-refractivity contribution in [3.63, 3.8) is 0 Å². The maximum atomic E-state index is 11.7. The molecular formula is C11H17N3O3. The zero-order valence-corrected chi connectivity index (χ0v) is 9.69. The summed E-state index contributed by atoms with van der Waals surface area (Å²) in [5.41, 5.74) is 1.89. The van der Waals surface area contributed by atoms with E-state index in [0.717, 1.165) is 30.8 Å². The van der Waals surface area contributed by atoms with Crippen molar-refractivity contribution in [2.24, 2.45) is 0 Å². The third-order valence-corrected chi connectivity index (χ3v) is 2.70. The summed E-state index contributed by atoms with van der Waals surface area (Å²) in [4.78, 5) is 11.7. The zero-order valence-electron chi connectivity index (χ0n) is 9.69. The summed E-state index contributed by atoms with van der Waals surface area (Å²) in [5, 5.41) is 16.1. The highest BCUT2D eigenvalue weighted by Crippen LogP contribution is 2.07. The number of aliphatic hydroxyl groups excluding tert-OH is 1. The van der Waals surface area contributed by atoms with Crippen molar-refractivity contribution in [2.75, 3.05) is 26.4 Å². The molecule has 0 bridgehead atoms. The van der Waals surface area contributed by atoms with Crippen LogP contribution in [0.3, 0.4) is 0 Å². The minimum Gasteiger partial charge on any atom is -0.394 e. The molecule has 94 valence electrons. The fourth-order valence-electron chi connectivity index (χ4n) is 1.84. The second-order valence-electron chi connectivity index (χ2n) is 3.94. The van der Waals surface area contributed by atoms with Crippen molar-refractivity contribution in [3.8, 4) is 0 Å². The maximum Gasteiger partial charge on any atom is 0.267 e. The smallest absolute Gasteiger partial charge is 0.267 e. The van der Waals surface area contributed by atoms with Crippen molar-refractivity contribution in [1.29, 1.82) is 0 Å². The number of rotatable bonds is 5. The molecular weight excluding hydrogens is 222 g/mol. The first-order valence-corrected chi connectivity index (χ1v) is 5.80. The van der Waals surface area contributed by atoms with Crippen LogP contribution in [0.25, 0.3) is 0 Å². The molecule has 1 aromatic rings. The molecule has 2 heterocycles. The third kappa shape index (κ3) is 3.12. The molecule has 0 fully saturated rings. The number of nitrogens with one attached hydrogen (secondary N) is 1. The van der Waals surface area contributed by atoms with E-state index >= 15 is 0 Å². The number of fused-ring (bicyclic) bond motifs is 1. The Hall–Kier alpha value is -1.24. The predicted molar refractivity (Wildman–Crippen MR) is 61.8 cm³/mol. The standard InChI is InChI=1S/C11H17N3O3/c15-4-6-17-5-3-14-11(16)7-9-8-12-2-1-10(9)13-14/h7,12,15H,1-6,8H2. The molecule has 0 unspecified atom stereocenters. The van der Waals surface area contributed by atoms with E-state index in [4.69, 9.17) is 9.84 Å². The fraction of sp³-hybridized carbons (Fsp3) is 0.636. The van der Waals surface area contributed by atoms with Gasteiger partial charge in [0.25, 0.3) is 5.56 Å². The SMILES string of the molecule is O=c1cc2c(nn1CCOCCO)CCNC2. The van der Waals surface area contributed by atoms with Crippen molar-refractivity contribution in [3.05, 3.63) is 27.7 Å². The van der Waals surface area contributed by atoms with E-state index in [1.807, 2.05) is 0 Å². The van der Waals surface area contributed by atoms with Crippen LogP contribution in [-0.4, -0.2) is 41.3 Å². The Labute approximate surface area is 99.2 Å². The van der Waals surface area contributed by atoms with Crippen LogP contribution in [-0.2, 0) is 24.2 Å². The second kappa shape index (κ2) is 5.90. The molecule has 6 nitrogen and oxygen atoms in total. The summed E-state index contributed by atoms with van der Waals surface area (Å²) >= 11 is 0. The minimum atomic E-state index is -0.0972. The molecule has 1 aliphatic rings. The number of aromatic nitrogens is 2. The van der Waals surface area contributed by atoms with Crippen LogP contribution in [0.4, 0.5) is 0 Å². The van der Waals surface area contributed by atoms with Gasteiger partial charge < -0.3 is 15.2 Å². The van der Waals surface area contributed by atoms with E-state index in [1.165, 1.54) is 4.68 Å². The van der Waals surface area contributed by atoms with E-state index in [9.17, 15) is 4.79 Å². The molecule has 2 N–H and O–H groups in total. The lowest BCUT2D eigenvalue weighted by Gasteiger charge is -2.16. The van der Waals surface area contributed by atoms with E-state index in [-0.39, 0.29) is 12.2 Å². The van der Waals surface area contributed by atoms with Crippen LogP contribution in [0, 0.1) is 0 Å². The van der Waals surface area contributed by atoms with Gasteiger partial charge in [-0.15, -0.1) is 0 Å². The summed E-state index contributed by atoms with van der Waals surface area (Å²) in [6, 6.07) is 1.64. The molecule has 0 aliphatic carbocycles. The lowest BCUT2D eigenvalue weighted by Crippen LogP contribution is -2.32. The van der Waals surface area contributed by atoms with E-state index in [2.05, 4.69) is 10.4 Å². The monoisotopic (exact) mass is 239 g/mol. The Balaban J connectivity index is 2.04. The molecule has 0 radical (unpaired) electrons. The fourth-order valence-corrected chi connectivity index (χ4v) is 1.84. The van der Waals surface area contributed by atoms with Crippen molar-refractivity contribution >= 4 is 0 Å². The number of hydrogen-bond acceptors (Lipinski definition) is 5. The van der Waals surface area contributed by atoms with Crippen LogP contribution in [0.2, 0.25) is 0 Å². The largest absolute Gasteiger partial charge is 0.394 e. The van der Waals surface area contributed by atoms with Gasteiger partial charge in [0.2, 0.25) is 0 Å². The number of aliphatic hydroxyl groups is 1. The molecule has 0 atom stereocenters. The van der Waals surface area contributed by atoms with Crippen molar-refractivity contribution in [1.82, 2.24) is 15.1 Å². The van der Waals surface area contributed by atoms with Crippen LogP contribution < -0.4 is 10.9 Å². The van der Waals surface area contributed by atoms with E-state index < -0.39 is 0 Å². The van der Waals surface area contributed by atoms with Gasteiger partial charge in [-0.2, -0.15) is 5.10 Å². The van der Waals surface area contributed by atoms with E-state index in [0.29, 0.717) is 19.8 Å². The Bertz CT molecular complexity index is 430. The second-order valence-corrected chi connectivity index (χ2v) is 3.94. The van der Waals surface area contributed by atoms with Crippen LogP contribution in [0.5, 0.6) is 0 Å². The van der Waals surface area contributed by atoms with Gasteiger partial charge in [-0.05, 0) is 5.56 Å². The molecule has 2 rings (SSSR count). The number of ether oxygens (including phenoxy) is 1. The summed E-state index contributed by atoms with van der Waals surface area (Å²) in [5.74, 6) is 0. The Kier molecular flexibility index (Phi) is 4.24. The van der Waals surface area contributed by atoms with Gasteiger partial charge >= 0.3 is 0 Å².